The lowest BCUT2D eigenvalue weighted by atomic mass is 10.2. The SMILES string of the molecule is CCc1nc(-c2ccc(F)cc2Cl)sc1C(=O)O. The molecule has 0 atom stereocenters. The number of aromatic nitrogens is 1. The second kappa shape index (κ2) is 5.04. The van der Waals surface area contributed by atoms with Crippen LogP contribution in [0, 0.1) is 5.82 Å². The summed E-state index contributed by atoms with van der Waals surface area (Å²) in [5, 5.41) is 9.77. The van der Waals surface area contributed by atoms with Crippen molar-refractivity contribution in [2.75, 3.05) is 0 Å². The van der Waals surface area contributed by atoms with Crippen molar-refractivity contribution in [3.8, 4) is 10.6 Å². The van der Waals surface area contributed by atoms with Crippen molar-refractivity contribution in [3.63, 3.8) is 0 Å². The molecular weight excluding hydrogens is 277 g/mol. The summed E-state index contributed by atoms with van der Waals surface area (Å²) in [6.07, 6.45) is 0.525. The molecule has 18 heavy (non-hydrogen) atoms. The predicted octanol–water partition coefficient (Wildman–Crippen LogP) is 3.86. The van der Waals surface area contributed by atoms with E-state index in [1.807, 2.05) is 6.92 Å². The fraction of sp³-hybridized carbons (Fsp3) is 0.167. The maximum absolute atomic E-state index is 12.9. The van der Waals surface area contributed by atoms with Crippen LogP contribution in [-0.4, -0.2) is 16.1 Å². The number of nitrogens with zero attached hydrogens (tertiary/aromatic N) is 1. The van der Waals surface area contributed by atoms with E-state index >= 15 is 0 Å². The van der Waals surface area contributed by atoms with E-state index in [2.05, 4.69) is 4.98 Å². The number of hydrogen-bond donors (Lipinski definition) is 1. The smallest absolute Gasteiger partial charge is 0.347 e. The molecule has 2 rings (SSSR count). The molecule has 0 bridgehead atoms. The Bertz CT molecular complexity index is 612. The number of rotatable bonds is 3. The summed E-state index contributed by atoms with van der Waals surface area (Å²) in [6, 6.07) is 3.96. The molecule has 0 amide bonds. The summed E-state index contributed by atoms with van der Waals surface area (Å²) in [5.74, 6) is -1.44. The highest BCUT2D eigenvalue weighted by Crippen LogP contribution is 2.33. The number of hydrogen-bond acceptors (Lipinski definition) is 3. The van der Waals surface area contributed by atoms with E-state index in [9.17, 15) is 9.18 Å². The third-order valence-electron chi connectivity index (χ3n) is 2.39. The Morgan fingerprint density at radius 1 is 1.56 bits per heavy atom. The van der Waals surface area contributed by atoms with Crippen LogP contribution in [0.5, 0.6) is 0 Å². The highest BCUT2D eigenvalue weighted by molar-refractivity contribution is 7.17. The van der Waals surface area contributed by atoms with Crippen molar-refractivity contribution >= 4 is 28.9 Å². The largest absolute Gasteiger partial charge is 0.477 e. The zero-order valence-electron chi connectivity index (χ0n) is 9.41. The van der Waals surface area contributed by atoms with Crippen LogP contribution in [0.4, 0.5) is 4.39 Å². The molecule has 0 aliphatic heterocycles. The molecule has 0 fully saturated rings. The number of carbonyl (C=O) groups is 1. The Hall–Kier alpha value is -1.46. The van der Waals surface area contributed by atoms with Crippen molar-refractivity contribution in [2.24, 2.45) is 0 Å². The third kappa shape index (κ3) is 2.37. The average Bonchev–Trinajstić information content (AvgIpc) is 2.73. The van der Waals surface area contributed by atoms with Gasteiger partial charge in [-0.3, -0.25) is 0 Å². The normalized spacial score (nSPS) is 10.6. The van der Waals surface area contributed by atoms with Crippen molar-refractivity contribution in [1.29, 1.82) is 0 Å². The van der Waals surface area contributed by atoms with E-state index in [-0.39, 0.29) is 9.90 Å². The fourth-order valence-electron chi connectivity index (χ4n) is 1.54. The second-order valence-corrected chi connectivity index (χ2v) is 4.98. The van der Waals surface area contributed by atoms with Crippen molar-refractivity contribution in [3.05, 3.63) is 39.6 Å². The van der Waals surface area contributed by atoms with Crippen LogP contribution in [0.15, 0.2) is 18.2 Å². The topological polar surface area (TPSA) is 50.2 Å². The molecule has 0 aliphatic rings. The summed E-state index contributed by atoms with van der Waals surface area (Å²) >= 11 is 6.98. The van der Waals surface area contributed by atoms with Gasteiger partial charge in [0.15, 0.2) is 0 Å². The Morgan fingerprint density at radius 2 is 2.28 bits per heavy atom. The van der Waals surface area contributed by atoms with E-state index in [1.54, 1.807) is 0 Å². The maximum atomic E-state index is 12.9. The number of halogens is 2. The molecule has 0 radical (unpaired) electrons. The van der Waals surface area contributed by atoms with Crippen LogP contribution >= 0.6 is 22.9 Å². The number of aryl methyl sites for hydroxylation is 1. The standard InChI is InChI=1S/C12H9ClFNO2S/c1-2-9-10(12(16)17)18-11(15-9)7-4-3-6(14)5-8(7)13/h3-5H,2H2,1H3,(H,16,17). The van der Waals surface area contributed by atoms with Gasteiger partial charge in [-0.1, -0.05) is 18.5 Å². The highest BCUT2D eigenvalue weighted by Gasteiger charge is 2.18. The van der Waals surface area contributed by atoms with E-state index in [0.717, 1.165) is 11.3 Å². The quantitative estimate of drug-likeness (QED) is 0.931. The highest BCUT2D eigenvalue weighted by atomic mass is 35.5. The third-order valence-corrected chi connectivity index (χ3v) is 3.82. The van der Waals surface area contributed by atoms with Gasteiger partial charge in [0, 0.05) is 5.56 Å². The van der Waals surface area contributed by atoms with Crippen LogP contribution in [-0.2, 0) is 6.42 Å². The van der Waals surface area contributed by atoms with Gasteiger partial charge in [-0.15, -0.1) is 11.3 Å². The summed E-state index contributed by atoms with van der Waals surface area (Å²) in [7, 11) is 0. The van der Waals surface area contributed by atoms with Gasteiger partial charge in [0.25, 0.3) is 0 Å². The van der Waals surface area contributed by atoms with Crippen LogP contribution in [0.2, 0.25) is 5.02 Å². The first-order valence-corrected chi connectivity index (χ1v) is 6.40. The lowest BCUT2D eigenvalue weighted by Crippen LogP contribution is -1.97. The van der Waals surface area contributed by atoms with Crippen LogP contribution < -0.4 is 0 Å². The molecule has 2 aromatic rings. The monoisotopic (exact) mass is 285 g/mol. The molecule has 0 saturated heterocycles. The van der Waals surface area contributed by atoms with Crippen molar-refractivity contribution < 1.29 is 14.3 Å². The van der Waals surface area contributed by atoms with Crippen LogP contribution in [0.1, 0.15) is 22.3 Å². The zero-order chi connectivity index (χ0) is 13.3. The number of carboxylic acid groups (broad SMARTS) is 1. The Balaban J connectivity index is 2.54. The zero-order valence-corrected chi connectivity index (χ0v) is 11.0. The molecule has 0 saturated carbocycles. The fourth-order valence-corrected chi connectivity index (χ4v) is 2.88. The number of thiazole rings is 1. The van der Waals surface area contributed by atoms with E-state index < -0.39 is 11.8 Å². The second-order valence-electron chi connectivity index (χ2n) is 3.58. The van der Waals surface area contributed by atoms with Crippen molar-refractivity contribution in [2.45, 2.75) is 13.3 Å². The van der Waals surface area contributed by atoms with Gasteiger partial charge < -0.3 is 5.11 Å². The molecule has 3 nitrogen and oxygen atoms in total. The minimum absolute atomic E-state index is 0.202. The minimum Gasteiger partial charge on any atom is -0.477 e. The molecule has 0 unspecified atom stereocenters. The first-order chi connectivity index (χ1) is 8.52. The molecule has 0 spiro atoms. The first-order valence-electron chi connectivity index (χ1n) is 5.21. The lowest BCUT2D eigenvalue weighted by Gasteiger charge is -1.99. The molecule has 0 aliphatic carbocycles. The van der Waals surface area contributed by atoms with Gasteiger partial charge in [-0.05, 0) is 24.6 Å². The maximum Gasteiger partial charge on any atom is 0.347 e. The molecule has 1 heterocycles. The first kappa shape index (κ1) is 13.0. The number of aromatic carboxylic acids is 1. The Morgan fingerprint density at radius 3 is 2.78 bits per heavy atom. The molecular formula is C12H9ClFNO2S. The molecule has 94 valence electrons. The van der Waals surface area contributed by atoms with Crippen molar-refractivity contribution in [1.82, 2.24) is 4.98 Å². The van der Waals surface area contributed by atoms with Gasteiger partial charge in [-0.25, -0.2) is 14.2 Å². The molecule has 1 aromatic carbocycles. The Labute approximate surface area is 112 Å². The summed E-state index contributed by atoms with van der Waals surface area (Å²) in [5.41, 5.74) is 1.06. The molecule has 1 N–H and O–H groups in total. The van der Waals surface area contributed by atoms with E-state index in [1.165, 1.54) is 18.2 Å². The van der Waals surface area contributed by atoms with Gasteiger partial charge in [0.2, 0.25) is 0 Å². The summed E-state index contributed by atoms with van der Waals surface area (Å²) < 4.78 is 12.9. The van der Waals surface area contributed by atoms with Gasteiger partial charge >= 0.3 is 5.97 Å². The van der Waals surface area contributed by atoms with Gasteiger partial charge in [0.1, 0.15) is 15.7 Å². The van der Waals surface area contributed by atoms with E-state index in [4.69, 9.17) is 16.7 Å². The summed E-state index contributed by atoms with van der Waals surface area (Å²) in [4.78, 5) is 15.5. The minimum atomic E-state index is -1.01. The van der Waals surface area contributed by atoms with Gasteiger partial charge in [0.05, 0.1) is 10.7 Å². The summed E-state index contributed by atoms with van der Waals surface area (Å²) in [6.45, 7) is 1.83. The van der Waals surface area contributed by atoms with E-state index in [0.29, 0.717) is 22.7 Å². The van der Waals surface area contributed by atoms with Crippen LogP contribution in [0.3, 0.4) is 0 Å². The number of carboxylic acids is 1. The Kier molecular flexibility index (Phi) is 3.63. The predicted molar refractivity (Wildman–Crippen MR) is 68.9 cm³/mol. The molecule has 6 heteroatoms. The molecule has 1 aromatic heterocycles. The number of benzene rings is 1. The lowest BCUT2D eigenvalue weighted by molar-refractivity contribution is 0.0701. The van der Waals surface area contributed by atoms with Crippen LogP contribution in [0.25, 0.3) is 10.6 Å². The van der Waals surface area contributed by atoms with Gasteiger partial charge in [-0.2, -0.15) is 0 Å². The average molecular weight is 286 g/mol.